The number of rotatable bonds is 4. The Hall–Kier alpha value is -1.60. The summed E-state index contributed by atoms with van der Waals surface area (Å²) in [4.78, 5) is 2.19. The van der Waals surface area contributed by atoms with Crippen LogP contribution in [0, 0.1) is 0 Å². The van der Waals surface area contributed by atoms with Gasteiger partial charge in [0.05, 0.1) is 0 Å². The van der Waals surface area contributed by atoms with Gasteiger partial charge in [-0.15, -0.1) is 0 Å². The maximum atomic E-state index is 2.21. The Kier molecular flexibility index (Phi) is 4.16. The van der Waals surface area contributed by atoms with Crippen molar-refractivity contribution in [3.63, 3.8) is 0 Å². The lowest BCUT2D eigenvalue weighted by molar-refractivity contribution is 0.402. The second-order valence-electron chi connectivity index (χ2n) is 4.99. The fourth-order valence-corrected chi connectivity index (χ4v) is 2.10. The molecule has 1 nitrogen and oxygen atoms in total. The van der Waals surface area contributed by atoms with E-state index in [9.17, 15) is 0 Å². The third-order valence-electron chi connectivity index (χ3n) is 3.15. The summed E-state index contributed by atoms with van der Waals surface area (Å²) >= 11 is 0. The summed E-state index contributed by atoms with van der Waals surface area (Å²) in [6.07, 6.45) is 1.10. The second kappa shape index (κ2) is 5.83. The zero-order valence-corrected chi connectivity index (χ0v) is 11.5. The van der Waals surface area contributed by atoms with E-state index in [0.29, 0.717) is 0 Å². The molecule has 1 heteroatoms. The standard InChI is InChI=1S/C17H21N/c1-4-14-5-9-16(10-6-14)17-11-7-15(8-12-17)13-18(2)3/h5-12H,4,13H2,1-3H3. The Morgan fingerprint density at radius 3 is 1.56 bits per heavy atom. The van der Waals surface area contributed by atoms with Gasteiger partial charge in [0.1, 0.15) is 0 Å². The molecule has 0 bridgehead atoms. The van der Waals surface area contributed by atoms with Crippen molar-refractivity contribution in [2.45, 2.75) is 19.9 Å². The van der Waals surface area contributed by atoms with Gasteiger partial charge in [0.2, 0.25) is 0 Å². The summed E-state index contributed by atoms with van der Waals surface area (Å²) in [5, 5.41) is 0. The minimum absolute atomic E-state index is 0.995. The van der Waals surface area contributed by atoms with Crippen molar-refractivity contribution in [1.29, 1.82) is 0 Å². The zero-order chi connectivity index (χ0) is 13.0. The van der Waals surface area contributed by atoms with Crippen LogP contribution in [0.2, 0.25) is 0 Å². The molecule has 0 fully saturated rings. The van der Waals surface area contributed by atoms with E-state index in [-0.39, 0.29) is 0 Å². The average molecular weight is 239 g/mol. The molecule has 94 valence electrons. The molecule has 2 aromatic carbocycles. The molecule has 2 rings (SSSR count). The van der Waals surface area contributed by atoms with E-state index in [0.717, 1.165) is 13.0 Å². The van der Waals surface area contributed by atoms with Gasteiger partial charge in [0, 0.05) is 6.54 Å². The van der Waals surface area contributed by atoms with Gasteiger partial charge in [0.15, 0.2) is 0 Å². The van der Waals surface area contributed by atoms with Crippen LogP contribution in [0.3, 0.4) is 0 Å². The van der Waals surface area contributed by atoms with E-state index < -0.39 is 0 Å². The molecule has 0 saturated heterocycles. The molecule has 0 aliphatic carbocycles. The van der Waals surface area contributed by atoms with Gasteiger partial charge in [-0.05, 0) is 42.8 Å². The van der Waals surface area contributed by atoms with Crippen LogP contribution in [-0.2, 0) is 13.0 Å². The molecule has 0 aliphatic heterocycles. The van der Waals surface area contributed by atoms with Crippen molar-refractivity contribution in [2.24, 2.45) is 0 Å². The number of benzene rings is 2. The number of aryl methyl sites for hydroxylation is 1. The maximum Gasteiger partial charge on any atom is 0.0227 e. The minimum Gasteiger partial charge on any atom is -0.305 e. The average Bonchev–Trinajstić information content (AvgIpc) is 2.39. The van der Waals surface area contributed by atoms with Gasteiger partial charge in [-0.1, -0.05) is 55.5 Å². The normalized spacial score (nSPS) is 10.9. The summed E-state index contributed by atoms with van der Waals surface area (Å²) in [5.74, 6) is 0. The molecule has 0 N–H and O–H groups in total. The maximum absolute atomic E-state index is 2.21. The van der Waals surface area contributed by atoms with Crippen LogP contribution in [0.1, 0.15) is 18.1 Å². The van der Waals surface area contributed by atoms with Gasteiger partial charge in [-0.2, -0.15) is 0 Å². The molecule has 0 aliphatic rings. The van der Waals surface area contributed by atoms with Crippen molar-refractivity contribution in [3.8, 4) is 11.1 Å². The largest absolute Gasteiger partial charge is 0.305 e. The fraction of sp³-hybridized carbons (Fsp3) is 0.294. The molecular weight excluding hydrogens is 218 g/mol. The third kappa shape index (κ3) is 3.21. The Morgan fingerprint density at radius 1 is 0.722 bits per heavy atom. The van der Waals surface area contributed by atoms with E-state index in [4.69, 9.17) is 0 Å². The zero-order valence-electron chi connectivity index (χ0n) is 11.5. The lowest BCUT2D eigenvalue weighted by atomic mass is 10.0. The highest BCUT2D eigenvalue weighted by Gasteiger charge is 1.99. The predicted octanol–water partition coefficient (Wildman–Crippen LogP) is 3.98. The molecular formula is C17H21N. The number of hydrogen-bond acceptors (Lipinski definition) is 1. The van der Waals surface area contributed by atoms with E-state index in [1.54, 1.807) is 0 Å². The Balaban J connectivity index is 2.17. The Morgan fingerprint density at radius 2 is 1.17 bits per heavy atom. The summed E-state index contributed by atoms with van der Waals surface area (Å²) < 4.78 is 0. The predicted molar refractivity (Wildman–Crippen MR) is 78.6 cm³/mol. The molecule has 18 heavy (non-hydrogen) atoms. The monoisotopic (exact) mass is 239 g/mol. The van der Waals surface area contributed by atoms with Crippen LogP contribution in [-0.4, -0.2) is 19.0 Å². The summed E-state index contributed by atoms with van der Waals surface area (Å²) in [5.41, 5.74) is 5.33. The van der Waals surface area contributed by atoms with E-state index in [1.807, 2.05) is 0 Å². The molecule has 0 heterocycles. The fourth-order valence-electron chi connectivity index (χ4n) is 2.10. The van der Waals surface area contributed by atoms with Crippen LogP contribution in [0.4, 0.5) is 0 Å². The number of hydrogen-bond donors (Lipinski definition) is 0. The summed E-state index contributed by atoms with van der Waals surface area (Å²) in [6.45, 7) is 3.18. The van der Waals surface area contributed by atoms with Crippen LogP contribution in [0.5, 0.6) is 0 Å². The SMILES string of the molecule is CCc1ccc(-c2ccc(CN(C)C)cc2)cc1. The summed E-state index contributed by atoms with van der Waals surface area (Å²) in [6, 6.07) is 17.7. The minimum atomic E-state index is 0.995. The van der Waals surface area contributed by atoms with Gasteiger partial charge in [-0.3, -0.25) is 0 Å². The van der Waals surface area contributed by atoms with Gasteiger partial charge >= 0.3 is 0 Å². The van der Waals surface area contributed by atoms with Gasteiger partial charge in [0.25, 0.3) is 0 Å². The van der Waals surface area contributed by atoms with E-state index in [2.05, 4.69) is 74.4 Å². The highest BCUT2D eigenvalue weighted by molar-refractivity contribution is 5.63. The van der Waals surface area contributed by atoms with Crippen molar-refractivity contribution in [1.82, 2.24) is 4.90 Å². The van der Waals surface area contributed by atoms with E-state index in [1.165, 1.54) is 22.3 Å². The first-order chi connectivity index (χ1) is 8.69. The van der Waals surface area contributed by atoms with Crippen molar-refractivity contribution < 1.29 is 0 Å². The molecule has 0 aromatic heterocycles. The molecule has 0 unspecified atom stereocenters. The Bertz CT molecular complexity index is 480. The quantitative estimate of drug-likeness (QED) is 0.780. The lowest BCUT2D eigenvalue weighted by Gasteiger charge is -2.10. The van der Waals surface area contributed by atoms with Gasteiger partial charge < -0.3 is 4.90 Å². The second-order valence-corrected chi connectivity index (χ2v) is 4.99. The smallest absolute Gasteiger partial charge is 0.0227 e. The molecule has 0 radical (unpaired) electrons. The van der Waals surface area contributed by atoms with E-state index >= 15 is 0 Å². The molecule has 0 spiro atoms. The van der Waals surface area contributed by atoms with Crippen molar-refractivity contribution >= 4 is 0 Å². The summed E-state index contributed by atoms with van der Waals surface area (Å²) in [7, 11) is 4.19. The first kappa shape index (κ1) is 12.8. The highest BCUT2D eigenvalue weighted by atomic mass is 15.0. The first-order valence-electron chi connectivity index (χ1n) is 6.52. The van der Waals surface area contributed by atoms with Crippen LogP contribution in [0.25, 0.3) is 11.1 Å². The highest BCUT2D eigenvalue weighted by Crippen LogP contribution is 2.20. The lowest BCUT2D eigenvalue weighted by Crippen LogP contribution is -2.10. The Labute approximate surface area is 110 Å². The van der Waals surface area contributed by atoms with Crippen LogP contribution < -0.4 is 0 Å². The first-order valence-corrected chi connectivity index (χ1v) is 6.52. The number of nitrogens with zero attached hydrogens (tertiary/aromatic N) is 1. The van der Waals surface area contributed by atoms with Crippen molar-refractivity contribution in [3.05, 3.63) is 59.7 Å². The van der Waals surface area contributed by atoms with Crippen molar-refractivity contribution in [2.75, 3.05) is 14.1 Å². The molecule has 2 aromatic rings. The topological polar surface area (TPSA) is 3.24 Å². The molecule has 0 atom stereocenters. The third-order valence-corrected chi connectivity index (χ3v) is 3.15. The van der Waals surface area contributed by atoms with Crippen LogP contribution >= 0.6 is 0 Å². The van der Waals surface area contributed by atoms with Gasteiger partial charge in [-0.25, -0.2) is 0 Å². The molecule has 0 amide bonds. The molecule has 0 saturated carbocycles. The van der Waals surface area contributed by atoms with Crippen LogP contribution in [0.15, 0.2) is 48.5 Å².